The number of carbonyl (C=O) groups is 1. The Bertz CT molecular complexity index is 879. The summed E-state index contributed by atoms with van der Waals surface area (Å²) in [6, 6.07) is 9.17. The van der Waals surface area contributed by atoms with Gasteiger partial charge in [0.25, 0.3) is 5.91 Å². The highest BCUT2D eigenvalue weighted by Crippen LogP contribution is 2.36. The highest BCUT2D eigenvalue weighted by molar-refractivity contribution is 9.10. The van der Waals surface area contributed by atoms with E-state index in [4.69, 9.17) is 9.47 Å². The van der Waals surface area contributed by atoms with E-state index >= 15 is 0 Å². The van der Waals surface area contributed by atoms with Crippen molar-refractivity contribution in [3.8, 4) is 11.5 Å². The Balaban J connectivity index is 2.25. The van der Waals surface area contributed by atoms with E-state index in [1.54, 1.807) is 12.1 Å². The van der Waals surface area contributed by atoms with Crippen LogP contribution in [-0.4, -0.2) is 34.3 Å². The number of nitrogens with one attached hydrogen (secondary N) is 1. The highest BCUT2D eigenvalue weighted by Gasteiger charge is 2.16. The van der Waals surface area contributed by atoms with Crippen LogP contribution in [0.1, 0.15) is 17.3 Å². The molecule has 0 atom stereocenters. The number of methoxy groups -OCH3 is 1. The standard InChI is InChI=1S/C17H18BrNO5S/c1-4-24-16-14(18)9-11(10-15(16)23-2)17(20)19-12-5-7-13(8-6-12)25(3,21)22/h5-10H,4H2,1-3H3,(H,19,20). The quantitative estimate of drug-likeness (QED) is 0.762. The molecule has 0 saturated heterocycles. The summed E-state index contributed by atoms with van der Waals surface area (Å²) in [5, 5.41) is 2.72. The fourth-order valence-corrected chi connectivity index (χ4v) is 3.31. The van der Waals surface area contributed by atoms with Crippen molar-refractivity contribution in [3.05, 3.63) is 46.4 Å². The van der Waals surface area contributed by atoms with Gasteiger partial charge in [-0.2, -0.15) is 0 Å². The Morgan fingerprint density at radius 2 is 1.84 bits per heavy atom. The Kier molecular flexibility index (Phi) is 6.07. The van der Waals surface area contributed by atoms with Crippen LogP contribution in [0.3, 0.4) is 0 Å². The number of carbonyl (C=O) groups excluding carboxylic acids is 1. The molecular weight excluding hydrogens is 410 g/mol. The minimum absolute atomic E-state index is 0.191. The predicted molar refractivity (Wildman–Crippen MR) is 99.4 cm³/mol. The molecule has 2 aromatic carbocycles. The molecule has 0 heterocycles. The molecule has 0 unspecified atom stereocenters. The lowest BCUT2D eigenvalue weighted by Crippen LogP contribution is -2.12. The second kappa shape index (κ2) is 7.88. The lowest BCUT2D eigenvalue weighted by atomic mass is 10.2. The molecule has 0 saturated carbocycles. The molecule has 0 spiro atoms. The Morgan fingerprint density at radius 1 is 1.20 bits per heavy atom. The molecule has 25 heavy (non-hydrogen) atoms. The second-order valence-corrected chi connectivity index (χ2v) is 8.04. The van der Waals surface area contributed by atoms with Gasteiger partial charge in [-0.25, -0.2) is 8.42 Å². The smallest absolute Gasteiger partial charge is 0.255 e. The molecule has 6 nitrogen and oxygen atoms in total. The highest BCUT2D eigenvalue weighted by atomic mass is 79.9. The minimum Gasteiger partial charge on any atom is -0.493 e. The third-order valence-electron chi connectivity index (χ3n) is 3.32. The lowest BCUT2D eigenvalue weighted by Gasteiger charge is -2.13. The maximum absolute atomic E-state index is 12.4. The minimum atomic E-state index is -3.27. The van der Waals surface area contributed by atoms with Gasteiger partial charge in [0.1, 0.15) is 0 Å². The largest absolute Gasteiger partial charge is 0.493 e. The van der Waals surface area contributed by atoms with E-state index < -0.39 is 9.84 Å². The molecule has 0 fully saturated rings. The lowest BCUT2D eigenvalue weighted by molar-refractivity contribution is 0.102. The van der Waals surface area contributed by atoms with Gasteiger partial charge in [0.2, 0.25) is 0 Å². The van der Waals surface area contributed by atoms with Crippen LogP contribution in [0.15, 0.2) is 45.8 Å². The summed E-state index contributed by atoms with van der Waals surface area (Å²) >= 11 is 3.37. The zero-order valence-corrected chi connectivity index (χ0v) is 16.4. The van der Waals surface area contributed by atoms with Gasteiger partial charge >= 0.3 is 0 Å². The van der Waals surface area contributed by atoms with E-state index in [0.717, 1.165) is 6.26 Å². The zero-order chi connectivity index (χ0) is 18.6. The van der Waals surface area contributed by atoms with E-state index in [1.165, 1.54) is 31.4 Å². The number of benzene rings is 2. The Morgan fingerprint density at radius 3 is 2.36 bits per heavy atom. The maximum Gasteiger partial charge on any atom is 0.255 e. The van der Waals surface area contributed by atoms with Crippen LogP contribution < -0.4 is 14.8 Å². The van der Waals surface area contributed by atoms with Gasteiger partial charge in [0.05, 0.1) is 23.1 Å². The molecule has 8 heteroatoms. The SMILES string of the molecule is CCOc1c(Br)cc(C(=O)Nc2ccc(S(C)(=O)=O)cc2)cc1OC. The summed E-state index contributed by atoms with van der Waals surface area (Å²) in [6.45, 7) is 2.32. The molecule has 2 rings (SSSR count). The van der Waals surface area contributed by atoms with Gasteiger partial charge in [-0.3, -0.25) is 4.79 Å². The molecule has 0 aliphatic carbocycles. The first-order valence-electron chi connectivity index (χ1n) is 7.38. The molecule has 134 valence electrons. The normalized spacial score (nSPS) is 11.0. The fraction of sp³-hybridized carbons (Fsp3) is 0.235. The van der Waals surface area contributed by atoms with Gasteiger partial charge in [0, 0.05) is 17.5 Å². The van der Waals surface area contributed by atoms with Crippen molar-refractivity contribution in [2.75, 3.05) is 25.3 Å². The molecule has 0 aliphatic rings. The fourth-order valence-electron chi connectivity index (χ4n) is 2.12. The van der Waals surface area contributed by atoms with Crippen molar-refractivity contribution >= 4 is 37.4 Å². The molecule has 0 bridgehead atoms. The van der Waals surface area contributed by atoms with Gasteiger partial charge in [-0.1, -0.05) is 0 Å². The van der Waals surface area contributed by atoms with Gasteiger partial charge in [-0.05, 0) is 59.3 Å². The number of ether oxygens (including phenoxy) is 2. The maximum atomic E-state index is 12.4. The van der Waals surface area contributed by atoms with E-state index in [-0.39, 0.29) is 10.8 Å². The van der Waals surface area contributed by atoms with Gasteiger partial charge in [0.15, 0.2) is 21.3 Å². The number of amides is 1. The van der Waals surface area contributed by atoms with Gasteiger partial charge < -0.3 is 14.8 Å². The second-order valence-electron chi connectivity index (χ2n) is 5.17. The first kappa shape index (κ1) is 19.3. The number of halogens is 1. The van der Waals surface area contributed by atoms with Crippen molar-refractivity contribution < 1.29 is 22.7 Å². The number of anilines is 1. The van der Waals surface area contributed by atoms with E-state index in [0.29, 0.717) is 33.8 Å². The van der Waals surface area contributed by atoms with Crippen molar-refractivity contribution in [1.82, 2.24) is 0 Å². The summed E-state index contributed by atoms with van der Waals surface area (Å²) in [7, 11) is -1.78. The molecule has 1 N–H and O–H groups in total. The Hall–Kier alpha value is -2.06. The number of rotatable bonds is 6. The summed E-state index contributed by atoms with van der Waals surface area (Å²) in [6.07, 6.45) is 1.13. The zero-order valence-electron chi connectivity index (χ0n) is 14.0. The van der Waals surface area contributed by atoms with Crippen LogP contribution in [0.2, 0.25) is 0 Å². The molecule has 2 aromatic rings. The van der Waals surface area contributed by atoms with E-state index in [1.807, 2.05) is 6.92 Å². The molecule has 1 amide bonds. The van der Waals surface area contributed by atoms with Gasteiger partial charge in [-0.15, -0.1) is 0 Å². The first-order valence-corrected chi connectivity index (χ1v) is 10.1. The third kappa shape index (κ3) is 4.73. The van der Waals surface area contributed by atoms with Crippen LogP contribution in [0, 0.1) is 0 Å². The van der Waals surface area contributed by atoms with Crippen molar-refractivity contribution in [3.63, 3.8) is 0 Å². The van der Waals surface area contributed by atoms with Crippen LogP contribution >= 0.6 is 15.9 Å². The molecular formula is C17H18BrNO5S. The summed E-state index contributed by atoms with van der Waals surface area (Å²) < 4.78 is 34.3. The summed E-state index contributed by atoms with van der Waals surface area (Å²) in [4.78, 5) is 12.6. The van der Waals surface area contributed by atoms with Crippen molar-refractivity contribution in [2.24, 2.45) is 0 Å². The average Bonchev–Trinajstić information content (AvgIpc) is 2.56. The molecule has 0 radical (unpaired) electrons. The third-order valence-corrected chi connectivity index (χ3v) is 5.04. The monoisotopic (exact) mass is 427 g/mol. The number of hydrogen-bond acceptors (Lipinski definition) is 5. The number of hydrogen-bond donors (Lipinski definition) is 1. The Labute approximate surface area is 155 Å². The van der Waals surface area contributed by atoms with Crippen LogP contribution in [0.5, 0.6) is 11.5 Å². The average molecular weight is 428 g/mol. The number of sulfone groups is 1. The topological polar surface area (TPSA) is 81.7 Å². The molecule has 0 aliphatic heterocycles. The van der Waals surface area contributed by atoms with Crippen LogP contribution in [-0.2, 0) is 9.84 Å². The summed E-state index contributed by atoms with van der Waals surface area (Å²) in [5.74, 6) is 0.613. The van der Waals surface area contributed by atoms with Crippen molar-refractivity contribution in [1.29, 1.82) is 0 Å². The molecule has 0 aromatic heterocycles. The first-order chi connectivity index (χ1) is 11.8. The van der Waals surface area contributed by atoms with Crippen LogP contribution in [0.25, 0.3) is 0 Å². The predicted octanol–water partition coefficient (Wildman–Crippen LogP) is 3.51. The van der Waals surface area contributed by atoms with Crippen molar-refractivity contribution in [2.45, 2.75) is 11.8 Å². The summed E-state index contributed by atoms with van der Waals surface area (Å²) in [5.41, 5.74) is 0.862. The van der Waals surface area contributed by atoms with E-state index in [2.05, 4.69) is 21.2 Å². The van der Waals surface area contributed by atoms with Crippen LogP contribution in [0.4, 0.5) is 5.69 Å². The van der Waals surface area contributed by atoms with E-state index in [9.17, 15) is 13.2 Å².